The summed E-state index contributed by atoms with van der Waals surface area (Å²) >= 11 is 0. The van der Waals surface area contributed by atoms with Crippen molar-refractivity contribution in [3.8, 4) is 11.5 Å². The largest absolute Gasteiger partial charge is 0.508 e. The molecule has 0 heterocycles. The Morgan fingerprint density at radius 3 is 2.43 bits per heavy atom. The Labute approximate surface area is 84.0 Å². The maximum atomic E-state index is 9.03. The van der Waals surface area contributed by atoms with Crippen LogP contribution in [0.5, 0.6) is 11.5 Å². The minimum Gasteiger partial charge on any atom is -0.508 e. The number of aliphatic hydroxyl groups is 1. The zero-order valence-electron chi connectivity index (χ0n) is 8.31. The van der Waals surface area contributed by atoms with Crippen molar-refractivity contribution in [3.63, 3.8) is 0 Å². The van der Waals surface area contributed by atoms with Crippen molar-refractivity contribution >= 4 is 0 Å². The first-order valence-corrected chi connectivity index (χ1v) is 4.79. The van der Waals surface area contributed by atoms with Crippen LogP contribution in [-0.2, 0) is 0 Å². The molecular weight excluding hydrogens is 180 g/mol. The summed E-state index contributed by atoms with van der Waals surface area (Å²) in [6, 6.07) is 6.57. The van der Waals surface area contributed by atoms with Gasteiger partial charge in [-0.15, -0.1) is 0 Å². The number of hydrogen-bond donors (Lipinski definition) is 2. The molecule has 1 aromatic rings. The highest BCUT2D eigenvalue weighted by atomic mass is 16.5. The topological polar surface area (TPSA) is 49.7 Å². The first-order chi connectivity index (χ1) is 6.76. The lowest BCUT2D eigenvalue weighted by molar-refractivity contribution is 0.159. The minimum atomic E-state index is 0.147. The average molecular weight is 196 g/mol. The summed E-state index contributed by atoms with van der Waals surface area (Å²) in [6.45, 7) is 2.67. The second-order valence-electron chi connectivity index (χ2n) is 3.26. The van der Waals surface area contributed by atoms with Crippen molar-refractivity contribution in [3.05, 3.63) is 24.3 Å². The molecule has 3 heteroatoms. The van der Waals surface area contributed by atoms with Gasteiger partial charge in [-0.1, -0.05) is 6.92 Å². The second-order valence-corrected chi connectivity index (χ2v) is 3.26. The Balaban J connectivity index is 2.41. The molecule has 0 amide bonds. The molecule has 0 aromatic heterocycles. The van der Waals surface area contributed by atoms with Crippen LogP contribution < -0.4 is 4.74 Å². The lowest BCUT2D eigenvalue weighted by atomic mass is 10.1. The standard InChI is InChI=1S/C11H16O3/c1-2-9(7-12)8-14-11-5-3-10(13)4-6-11/h3-6,9,12-13H,2,7-8H2,1H3. The van der Waals surface area contributed by atoms with Crippen molar-refractivity contribution in [1.29, 1.82) is 0 Å². The van der Waals surface area contributed by atoms with Crippen molar-refractivity contribution in [2.24, 2.45) is 5.92 Å². The van der Waals surface area contributed by atoms with Gasteiger partial charge in [0, 0.05) is 12.5 Å². The number of phenolic OH excluding ortho intramolecular Hbond substituents is 1. The van der Waals surface area contributed by atoms with Crippen molar-refractivity contribution in [2.75, 3.05) is 13.2 Å². The number of hydrogen-bond acceptors (Lipinski definition) is 3. The highest BCUT2D eigenvalue weighted by Gasteiger charge is 2.05. The van der Waals surface area contributed by atoms with Gasteiger partial charge >= 0.3 is 0 Å². The molecule has 1 rings (SSSR count). The van der Waals surface area contributed by atoms with Crippen molar-refractivity contribution in [1.82, 2.24) is 0 Å². The van der Waals surface area contributed by atoms with Gasteiger partial charge in [0.2, 0.25) is 0 Å². The normalized spacial score (nSPS) is 12.4. The van der Waals surface area contributed by atoms with E-state index in [1.165, 1.54) is 0 Å². The van der Waals surface area contributed by atoms with Crippen molar-refractivity contribution in [2.45, 2.75) is 13.3 Å². The highest BCUT2D eigenvalue weighted by molar-refractivity contribution is 5.29. The molecule has 0 aliphatic carbocycles. The van der Waals surface area contributed by atoms with E-state index >= 15 is 0 Å². The fourth-order valence-electron chi connectivity index (χ4n) is 1.06. The van der Waals surface area contributed by atoms with Crippen LogP contribution in [0.2, 0.25) is 0 Å². The van der Waals surface area contributed by atoms with Crippen LogP contribution in [0.3, 0.4) is 0 Å². The molecule has 2 N–H and O–H groups in total. The molecule has 0 radical (unpaired) electrons. The van der Waals surface area contributed by atoms with Gasteiger partial charge in [-0.05, 0) is 30.7 Å². The first kappa shape index (κ1) is 10.9. The Morgan fingerprint density at radius 2 is 1.93 bits per heavy atom. The third-order valence-electron chi connectivity index (χ3n) is 2.16. The molecular formula is C11H16O3. The molecule has 0 bridgehead atoms. The molecule has 0 fully saturated rings. The maximum absolute atomic E-state index is 9.03. The summed E-state index contributed by atoms with van der Waals surface area (Å²) in [7, 11) is 0. The van der Waals surface area contributed by atoms with E-state index in [4.69, 9.17) is 14.9 Å². The Bertz CT molecular complexity index is 252. The number of phenols is 1. The van der Waals surface area contributed by atoms with E-state index in [9.17, 15) is 0 Å². The number of rotatable bonds is 5. The zero-order chi connectivity index (χ0) is 10.4. The summed E-state index contributed by atoms with van der Waals surface area (Å²) in [6.07, 6.45) is 0.897. The van der Waals surface area contributed by atoms with E-state index in [-0.39, 0.29) is 18.3 Å². The summed E-state index contributed by atoms with van der Waals surface area (Å²) in [4.78, 5) is 0. The number of ether oxygens (including phenoxy) is 1. The van der Waals surface area contributed by atoms with Crippen LogP contribution in [0.4, 0.5) is 0 Å². The van der Waals surface area contributed by atoms with Gasteiger partial charge in [0.15, 0.2) is 0 Å². The molecule has 14 heavy (non-hydrogen) atoms. The molecule has 0 aliphatic rings. The predicted molar refractivity (Wildman–Crippen MR) is 54.5 cm³/mol. The SMILES string of the molecule is CCC(CO)COc1ccc(O)cc1. The maximum Gasteiger partial charge on any atom is 0.119 e. The first-order valence-electron chi connectivity index (χ1n) is 4.79. The van der Waals surface area contributed by atoms with E-state index in [1.54, 1.807) is 24.3 Å². The van der Waals surface area contributed by atoms with Crippen LogP contribution in [0.1, 0.15) is 13.3 Å². The van der Waals surface area contributed by atoms with E-state index < -0.39 is 0 Å². The van der Waals surface area contributed by atoms with E-state index in [2.05, 4.69) is 0 Å². The third kappa shape index (κ3) is 3.26. The third-order valence-corrected chi connectivity index (χ3v) is 2.16. The van der Waals surface area contributed by atoms with Crippen molar-refractivity contribution < 1.29 is 14.9 Å². The average Bonchev–Trinajstić information content (AvgIpc) is 2.22. The van der Waals surface area contributed by atoms with Crippen LogP contribution in [0.25, 0.3) is 0 Å². The highest BCUT2D eigenvalue weighted by Crippen LogP contribution is 2.16. The summed E-state index contributed by atoms with van der Waals surface area (Å²) in [5.41, 5.74) is 0. The molecule has 0 saturated heterocycles. The molecule has 1 aromatic carbocycles. The lowest BCUT2D eigenvalue weighted by Crippen LogP contribution is -2.14. The summed E-state index contributed by atoms with van der Waals surface area (Å²) in [5, 5.41) is 18.0. The molecule has 78 valence electrons. The van der Waals surface area contributed by atoms with Crippen LogP contribution in [-0.4, -0.2) is 23.4 Å². The van der Waals surface area contributed by atoms with Gasteiger partial charge < -0.3 is 14.9 Å². The zero-order valence-corrected chi connectivity index (χ0v) is 8.31. The molecule has 1 unspecified atom stereocenters. The Hall–Kier alpha value is -1.22. The van der Waals surface area contributed by atoms with Crippen LogP contribution in [0, 0.1) is 5.92 Å². The lowest BCUT2D eigenvalue weighted by Gasteiger charge is -2.12. The van der Waals surface area contributed by atoms with Gasteiger partial charge in [0.05, 0.1) is 6.61 Å². The van der Waals surface area contributed by atoms with E-state index in [1.807, 2.05) is 6.92 Å². The molecule has 0 spiro atoms. The molecule has 0 aliphatic heterocycles. The fourth-order valence-corrected chi connectivity index (χ4v) is 1.06. The predicted octanol–water partition coefficient (Wildman–Crippen LogP) is 1.79. The van der Waals surface area contributed by atoms with Gasteiger partial charge in [-0.25, -0.2) is 0 Å². The number of benzene rings is 1. The van der Waals surface area contributed by atoms with Gasteiger partial charge in [0.1, 0.15) is 11.5 Å². The van der Waals surface area contributed by atoms with E-state index in [0.717, 1.165) is 12.2 Å². The van der Waals surface area contributed by atoms with Gasteiger partial charge in [0.25, 0.3) is 0 Å². The fraction of sp³-hybridized carbons (Fsp3) is 0.455. The van der Waals surface area contributed by atoms with E-state index in [0.29, 0.717) is 6.61 Å². The van der Waals surface area contributed by atoms with Gasteiger partial charge in [-0.3, -0.25) is 0 Å². The number of aromatic hydroxyl groups is 1. The van der Waals surface area contributed by atoms with Crippen LogP contribution >= 0.6 is 0 Å². The number of aliphatic hydroxyl groups excluding tert-OH is 1. The molecule has 0 saturated carbocycles. The summed E-state index contributed by atoms with van der Waals surface area (Å²) < 4.78 is 5.43. The second kappa shape index (κ2) is 5.50. The molecule has 3 nitrogen and oxygen atoms in total. The summed E-state index contributed by atoms with van der Waals surface area (Å²) in [5.74, 6) is 1.13. The monoisotopic (exact) mass is 196 g/mol. The van der Waals surface area contributed by atoms with Gasteiger partial charge in [-0.2, -0.15) is 0 Å². The minimum absolute atomic E-state index is 0.147. The quantitative estimate of drug-likeness (QED) is 0.754. The smallest absolute Gasteiger partial charge is 0.119 e. The molecule has 1 atom stereocenters. The van der Waals surface area contributed by atoms with Crippen LogP contribution in [0.15, 0.2) is 24.3 Å². The Kier molecular flexibility index (Phi) is 4.26. The Morgan fingerprint density at radius 1 is 1.29 bits per heavy atom.